The quantitative estimate of drug-likeness (QED) is 0.255. The molecule has 1 heterocycles. The average molecular weight is 482 g/mol. The van der Waals surface area contributed by atoms with Gasteiger partial charge in [-0.25, -0.2) is 4.98 Å². The Hall–Kier alpha value is -0.410. The van der Waals surface area contributed by atoms with Crippen LogP contribution in [0.4, 0.5) is 0 Å². The maximum atomic E-state index is 10.7. The number of aliphatic hydroxyl groups is 1. The summed E-state index contributed by atoms with van der Waals surface area (Å²) in [5.74, 6) is 0.774. The van der Waals surface area contributed by atoms with Gasteiger partial charge in [-0.2, -0.15) is 0 Å². The lowest BCUT2D eigenvalue weighted by molar-refractivity contribution is 0.0306. The van der Waals surface area contributed by atoms with E-state index in [1.807, 2.05) is 6.20 Å². The third-order valence-electron chi connectivity index (χ3n) is 3.89. The maximum absolute atomic E-state index is 10.7. The van der Waals surface area contributed by atoms with E-state index in [-0.39, 0.29) is 24.0 Å². The number of guanidine groups is 1. The van der Waals surface area contributed by atoms with E-state index in [4.69, 9.17) is 0 Å². The van der Waals surface area contributed by atoms with Gasteiger partial charge in [0, 0.05) is 30.6 Å². The lowest BCUT2D eigenvalue weighted by Gasteiger charge is -2.26. The molecule has 7 heteroatoms. The first-order valence-electron chi connectivity index (χ1n) is 9.25. The lowest BCUT2D eigenvalue weighted by atomic mass is 9.93. The predicted molar refractivity (Wildman–Crippen MR) is 119 cm³/mol. The van der Waals surface area contributed by atoms with Crippen LogP contribution in [-0.4, -0.2) is 41.3 Å². The Labute approximate surface area is 174 Å². The van der Waals surface area contributed by atoms with Crippen molar-refractivity contribution in [1.29, 1.82) is 0 Å². The second-order valence-electron chi connectivity index (χ2n) is 6.17. The van der Waals surface area contributed by atoms with E-state index in [1.54, 1.807) is 11.3 Å². The third-order valence-corrected chi connectivity index (χ3v) is 5.09. The molecule has 0 atom stereocenters. The first kappa shape index (κ1) is 24.6. The van der Waals surface area contributed by atoms with Gasteiger partial charge in [-0.15, -0.1) is 35.3 Å². The number of nitrogens with zero attached hydrogens (tertiary/aromatic N) is 2. The SMILES string of the molecule is CCCC(O)(CCC)CN=C(NCC)NCCc1ncc(CC)s1.I. The van der Waals surface area contributed by atoms with E-state index in [9.17, 15) is 5.11 Å². The molecule has 0 aliphatic carbocycles. The Bertz CT molecular complexity index is 487. The normalized spacial score (nSPS) is 12.0. The van der Waals surface area contributed by atoms with Crippen molar-refractivity contribution in [1.82, 2.24) is 15.6 Å². The van der Waals surface area contributed by atoms with Gasteiger partial charge in [-0.1, -0.05) is 33.6 Å². The second kappa shape index (κ2) is 13.7. The number of aromatic nitrogens is 1. The van der Waals surface area contributed by atoms with Crippen LogP contribution in [0.25, 0.3) is 0 Å². The highest BCUT2D eigenvalue weighted by Gasteiger charge is 2.24. The summed E-state index contributed by atoms with van der Waals surface area (Å²) in [6, 6.07) is 0. The number of rotatable bonds is 11. The highest BCUT2D eigenvalue weighted by atomic mass is 127. The summed E-state index contributed by atoms with van der Waals surface area (Å²) >= 11 is 1.78. The molecule has 0 radical (unpaired) electrons. The lowest BCUT2D eigenvalue weighted by Crippen LogP contribution is -2.40. The molecular weight excluding hydrogens is 447 g/mol. The average Bonchev–Trinajstić information content (AvgIpc) is 3.01. The van der Waals surface area contributed by atoms with Crippen molar-refractivity contribution < 1.29 is 5.11 Å². The van der Waals surface area contributed by atoms with Gasteiger partial charge in [0.15, 0.2) is 5.96 Å². The highest BCUT2D eigenvalue weighted by Crippen LogP contribution is 2.19. The molecule has 0 amide bonds. The van der Waals surface area contributed by atoms with Crippen LogP contribution in [0.2, 0.25) is 0 Å². The van der Waals surface area contributed by atoms with Gasteiger partial charge < -0.3 is 15.7 Å². The Kier molecular flexibility index (Phi) is 13.5. The highest BCUT2D eigenvalue weighted by molar-refractivity contribution is 14.0. The number of aryl methyl sites for hydroxylation is 1. The fourth-order valence-electron chi connectivity index (χ4n) is 2.70. The molecule has 1 rings (SSSR count). The molecular formula is C18H35IN4OS. The van der Waals surface area contributed by atoms with Crippen LogP contribution in [0.15, 0.2) is 11.2 Å². The van der Waals surface area contributed by atoms with Gasteiger partial charge in [0.2, 0.25) is 0 Å². The molecule has 1 aromatic rings. The van der Waals surface area contributed by atoms with E-state index in [0.29, 0.717) is 6.54 Å². The molecule has 0 saturated heterocycles. The predicted octanol–water partition coefficient (Wildman–Crippen LogP) is 3.75. The molecule has 0 unspecified atom stereocenters. The number of hydrogen-bond acceptors (Lipinski definition) is 4. The minimum Gasteiger partial charge on any atom is -0.388 e. The van der Waals surface area contributed by atoms with Gasteiger partial charge >= 0.3 is 0 Å². The van der Waals surface area contributed by atoms with Gasteiger partial charge in [-0.3, -0.25) is 4.99 Å². The van der Waals surface area contributed by atoms with Crippen molar-refractivity contribution in [2.75, 3.05) is 19.6 Å². The molecule has 3 N–H and O–H groups in total. The van der Waals surface area contributed by atoms with E-state index in [2.05, 4.69) is 48.3 Å². The van der Waals surface area contributed by atoms with Crippen molar-refractivity contribution in [2.45, 2.75) is 71.8 Å². The van der Waals surface area contributed by atoms with Crippen molar-refractivity contribution >= 4 is 41.3 Å². The first-order chi connectivity index (χ1) is 11.6. The molecule has 0 bridgehead atoms. The number of halogens is 1. The third kappa shape index (κ3) is 9.75. The Morgan fingerprint density at radius 1 is 1.20 bits per heavy atom. The van der Waals surface area contributed by atoms with Crippen LogP contribution < -0.4 is 10.6 Å². The zero-order chi connectivity index (χ0) is 17.8. The van der Waals surface area contributed by atoms with Crippen LogP contribution in [0.5, 0.6) is 0 Å². The van der Waals surface area contributed by atoms with Crippen molar-refractivity contribution in [3.63, 3.8) is 0 Å². The summed E-state index contributed by atoms with van der Waals surface area (Å²) in [6.45, 7) is 10.5. The summed E-state index contributed by atoms with van der Waals surface area (Å²) in [7, 11) is 0. The van der Waals surface area contributed by atoms with Crippen LogP contribution in [-0.2, 0) is 12.8 Å². The smallest absolute Gasteiger partial charge is 0.191 e. The molecule has 1 aromatic heterocycles. The fourth-order valence-corrected chi connectivity index (χ4v) is 3.56. The molecule has 0 saturated carbocycles. The maximum Gasteiger partial charge on any atom is 0.191 e. The van der Waals surface area contributed by atoms with E-state index < -0.39 is 5.60 Å². The molecule has 0 aliphatic rings. The molecule has 25 heavy (non-hydrogen) atoms. The number of thiazole rings is 1. The van der Waals surface area contributed by atoms with Crippen molar-refractivity contribution in [3.05, 3.63) is 16.1 Å². The summed E-state index contributed by atoms with van der Waals surface area (Å²) in [6.07, 6.45) is 7.44. The Morgan fingerprint density at radius 2 is 1.88 bits per heavy atom. The molecule has 0 aliphatic heterocycles. The van der Waals surface area contributed by atoms with Crippen LogP contribution in [0, 0.1) is 0 Å². The summed E-state index contributed by atoms with van der Waals surface area (Å²) in [5.41, 5.74) is -0.683. The number of nitrogens with one attached hydrogen (secondary N) is 2. The van der Waals surface area contributed by atoms with E-state index in [1.165, 1.54) is 4.88 Å². The van der Waals surface area contributed by atoms with Gasteiger partial charge in [0.1, 0.15) is 0 Å². The van der Waals surface area contributed by atoms with E-state index >= 15 is 0 Å². The van der Waals surface area contributed by atoms with E-state index in [0.717, 1.165) is 62.6 Å². The minimum atomic E-state index is -0.683. The van der Waals surface area contributed by atoms with Crippen LogP contribution >= 0.6 is 35.3 Å². The molecule has 0 spiro atoms. The standard InChI is InChI=1S/C18H34N4OS.HI/c1-5-10-18(23,11-6-2)14-22-17(19-8-4)20-12-9-16-21-13-15(7-3)24-16;/h13,23H,5-12,14H2,1-4H3,(H2,19,20,22);1H. The molecule has 0 fully saturated rings. The van der Waals surface area contributed by atoms with Crippen LogP contribution in [0.1, 0.15) is 63.3 Å². The molecule has 5 nitrogen and oxygen atoms in total. The largest absolute Gasteiger partial charge is 0.388 e. The molecule has 146 valence electrons. The number of hydrogen-bond donors (Lipinski definition) is 3. The zero-order valence-electron chi connectivity index (χ0n) is 16.1. The Balaban J connectivity index is 0.00000576. The van der Waals surface area contributed by atoms with Crippen LogP contribution in [0.3, 0.4) is 0 Å². The topological polar surface area (TPSA) is 69.5 Å². The fraction of sp³-hybridized carbons (Fsp3) is 0.778. The van der Waals surface area contributed by atoms with Crippen molar-refractivity contribution in [2.24, 2.45) is 4.99 Å². The van der Waals surface area contributed by atoms with Crippen molar-refractivity contribution in [3.8, 4) is 0 Å². The molecule has 0 aromatic carbocycles. The Morgan fingerprint density at radius 3 is 2.40 bits per heavy atom. The second-order valence-corrected chi connectivity index (χ2v) is 7.37. The van der Waals surface area contributed by atoms with Gasteiger partial charge in [0.05, 0.1) is 17.2 Å². The summed E-state index contributed by atoms with van der Waals surface area (Å²) in [5, 5.41) is 18.4. The summed E-state index contributed by atoms with van der Waals surface area (Å²) < 4.78 is 0. The first-order valence-corrected chi connectivity index (χ1v) is 10.1. The van der Waals surface area contributed by atoms with Gasteiger partial charge in [0.25, 0.3) is 0 Å². The minimum absolute atomic E-state index is 0. The summed E-state index contributed by atoms with van der Waals surface area (Å²) in [4.78, 5) is 10.4. The monoisotopic (exact) mass is 482 g/mol. The zero-order valence-corrected chi connectivity index (χ0v) is 19.2. The number of aliphatic imine (C=N–C) groups is 1. The van der Waals surface area contributed by atoms with Gasteiger partial charge in [-0.05, 0) is 26.2 Å².